The predicted molar refractivity (Wildman–Crippen MR) is 34.2 cm³/mol. The second kappa shape index (κ2) is 4.65. The van der Waals surface area contributed by atoms with E-state index in [1.807, 2.05) is 13.0 Å². The van der Waals surface area contributed by atoms with Crippen LogP contribution in [0.15, 0.2) is 12.3 Å². The van der Waals surface area contributed by atoms with E-state index >= 15 is 0 Å². The van der Waals surface area contributed by atoms with Gasteiger partial charge < -0.3 is 4.74 Å². The average molecular weight is 115 g/mol. The number of ether oxygens (including phenoxy) is 1. The summed E-state index contributed by atoms with van der Waals surface area (Å²) in [6, 6.07) is 0. The minimum atomic E-state index is -0.183. The fourth-order valence-electron chi connectivity index (χ4n) is 0.276. The number of hydrogen-bond donors (Lipinski definition) is 1. The summed E-state index contributed by atoms with van der Waals surface area (Å²) in [4.78, 5) is 0. The van der Waals surface area contributed by atoms with Crippen LogP contribution in [0.1, 0.15) is 20.3 Å². The van der Waals surface area contributed by atoms with E-state index < -0.39 is 0 Å². The Morgan fingerprint density at radius 2 is 2.38 bits per heavy atom. The highest BCUT2D eigenvalue weighted by Crippen LogP contribution is 1.83. The van der Waals surface area contributed by atoms with E-state index in [2.05, 4.69) is 0 Å². The molecule has 0 fully saturated rings. The van der Waals surface area contributed by atoms with Crippen molar-refractivity contribution < 1.29 is 4.74 Å². The second-order valence-electron chi connectivity index (χ2n) is 1.62. The first-order valence-corrected chi connectivity index (χ1v) is 2.83. The van der Waals surface area contributed by atoms with Crippen molar-refractivity contribution in [3.05, 3.63) is 12.3 Å². The number of hydrogen-bond acceptors (Lipinski definition) is 2. The maximum atomic E-state index is 5.26. The lowest BCUT2D eigenvalue weighted by Gasteiger charge is -2.01. The second-order valence-corrected chi connectivity index (χ2v) is 1.62. The SMILES string of the molecule is CCC=COC(C)N. The summed E-state index contributed by atoms with van der Waals surface area (Å²) in [5.74, 6) is 0. The van der Waals surface area contributed by atoms with Gasteiger partial charge in [-0.25, -0.2) is 0 Å². The van der Waals surface area contributed by atoms with Crippen molar-refractivity contribution in [2.45, 2.75) is 26.5 Å². The molecule has 0 aromatic carbocycles. The molecule has 0 aromatic heterocycles. The van der Waals surface area contributed by atoms with Gasteiger partial charge in [-0.2, -0.15) is 0 Å². The Morgan fingerprint density at radius 3 is 2.75 bits per heavy atom. The molecular weight excluding hydrogens is 102 g/mol. The van der Waals surface area contributed by atoms with Gasteiger partial charge in [-0.1, -0.05) is 13.0 Å². The minimum absolute atomic E-state index is 0.183. The molecule has 1 unspecified atom stereocenters. The highest BCUT2D eigenvalue weighted by molar-refractivity contribution is 4.70. The topological polar surface area (TPSA) is 35.2 Å². The molecule has 0 heterocycles. The molecule has 0 bridgehead atoms. The van der Waals surface area contributed by atoms with E-state index in [1.54, 1.807) is 13.2 Å². The lowest BCUT2D eigenvalue weighted by Crippen LogP contribution is -2.15. The summed E-state index contributed by atoms with van der Waals surface area (Å²) in [7, 11) is 0. The van der Waals surface area contributed by atoms with Gasteiger partial charge in [0.25, 0.3) is 0 Å². The zero-order chi connectivity index (χ0) is 6.41. The smallest absolute Gasteiger partial charge is 0.143 e. The molecule has 1 atom stereocenters. The van der Waals surface area contributed by atoms with Crippen molar-refractivity contribution >= 4 is 0 Å². The molecule has 2 N–H and O–H groups in total. The summed E-state index contributed by atoms with van der Waals surface area (Å²) in [5, 5.41) is 0. The van der Waals surface area contributed by atoms with E-state index in [-0.39, 0.29) is 6.23 Å². The molecule has 0 spiro atoms. The number of allylic oxidation sites excluding steroid dienone is 1. The molecule has 0 aliphatic carbocycles. The highest BCUT2D eigenvalue weighted by Gasteiger charge is 1.82. The van der Waals surface area contributed by atoms with Gasteiger partial charge in [-0.05, 0) is 13.3 Å². The van der Waals surface area contributed by atoms with E-state index in [1.165, 1.54) is 0 Å². The molecule has 0 aliphatic rings. The normalized spacial score (nSPS) is 14.4. The van der Waals surface area contributed by atoms with Gasteiger partial charge in [-0.15, -0.1) is 0 Å². The fourth-order valence-corrected chi connectivity index (χ4v) is 0.276. The maximum Gasteiger partial charge on any atom is 0.143 e. The molecule has 0 amide bonds. The summed E-state index contributed by atoms with van der Waals surface area (Å²) in [6.07, 6.45) is 4.36. The molecule has 0 radical (unpaired) electrons. The summed E-state index contributed by atoms with van der Waals surface area (Å²) in [6.45, 7) is 3.83. The van der Waals surface area contributed by atoms with Crippen molar-refractivity contribution in [3.63, 3.8) is 0 Å². The Labute approximate surface area is 50.3 Å². The van der Waals surface area contributed by atoms with Crippen molar-refractivity contribution in [2.75, 3.05) is 0 Å². The van der Waals surface area contributed by atoms with Crippen LogP contribution in [0.4, 0.5) is 0 Å². The van der Waals surface area contributed by atoms with Gasteiger partial charge >= 0.3 is 0 Å². The van der Waals surface area contributed by atoms with Crippen molar-refractivity contribution in [1.29, 1.82) is 0 Å². The fraction of sp³-hybridized carbons (Fsp3) is 0.667. The van der Waals surface area contributed by atoms with E-state index in [4.69, 9.17) is 10.5 Å². The standard InChI is InChI=1S/C6H13NO/c1-3-4-5-8-6(2)7/h4-6H,3,7H2,1-2H3. The van der Waals surface area contributed by atoms with Crippen molar-refractivity contribution in [3.8, 4) is 0 Å². The van der Waals surface area contributed by atoms with Gasteiger partial charge in [0.1, 0.15) is 6.23 Å². The van der Waals surface area contributed by atoms with Crippen LogP contribution in [0.3, 0.4) is 0 Å². The molecule has 48 valence electrons. The third kappa shape index (κ3) is 5.50. The Balaban J connectivity index is 3.03. The minimum Gasteiger partial charge on any atom is -0.484 e. The molecule has 2 heteroatoms. The summed E-state index contributed by atoms with van der Waals surface area (Å²) >= 11 is 0. The van der Waals surface area contributed by atoms with Gasteiger partial charge in [0.05, 0.1) is 6.26 Å². The lowest BCUT2D eigenvalue weighted by molar-refractivity contribution is 0.168. The third-order valence-electron chi connectivity index (χ3n) is 0.625. The first-order chi connectivity index (χ1) is 3.77. The van der Waals surface area contributed by atoms with Crippen LogP contribution in [0.2, 0.25) is 0 Å². The van der Waals surface area contributed by atoms with E-state index in [0.717, 1.165) is 6.42 Å². The van der Waals surface area contributed by atoms with E-state index in [0.29, 0.717) is 0 Å². The maximum absolute atomic E-state index is 5.26. The monoisotopic (exact) mass is 115 g/mol. The Hall–Kier alpha value is -0.500. The molecule has 2 nitrogen and oxygen atoms in total. The lowest BCUT2D eigenvalue weighted by atomic mass is 10.5. The quantitative estimate of drug-likeness (QED) is 0.443. The zero-order valence-electron chi connectivity index (χ0n) is 5.42. The van der Waals surface area contributed by atoms with Crippen molar-refractivity contribution in [2.24, 2.45) is 5.73 Å². The van der Waals surface area contributed by atoms with Gasteiger partial charge in [0, 0.05) is 0 Å². The van der Waals surface area contributed by atoms with Crippen LogP contribution in [0, 0.1) is 0 Å². The Bertz CT molecular complexity index is 68.9. The molecule has 0 saturated carbocycles. The molecule has 8 heavy (non-hydrogen) atoms. The van der Waals surface area contributed by atoms with Crippen LogP contribution >= 0.6 is 0 Å². The third-order valence-corrected chi connectivity index (χ3v) is 0.625. The molecule has 0 rings (SSSR count). The number of rotatable bonds is 3. The Kier molecular flexibility index (Phi) is 4.36. The molecule has 0 saturated heterocycles. The average Bonchev–Trinajstić information content (AvgIpc) is 1.66. The first kappa shape index (κ1) is 7.50. The first-order valence-electron chi connectivity index (χ1n) is 2.83. The molecule has 0 aliphatic heterocycles. The zero-order valence-corrected chi connectivity index (χ0v) is 5.42. The molecular formula is C6H13NO. The van der Waals surface area contributed by atoms with Gasteiger partial charge in [0.2, 0.25) is 0 Å². The van der Waals surface area contributed by atoms with Crippen LogP contribution in [0.5, 0.6) is 0 Å². The van der Waals surface area contributed by atoms with Crippen LogP contribution < -0.4 is 5.73 Å². The number of nitrogens with two attached hydrogens (primary N) is 1. The largest absolute Gasteiger partial charge is 0.484 e. The highest BCUT2D eigenvalue weighted by atomic mass is 16.5. The van der Waals surface area contributed by atoms with Crippen LogP contribution in [-0.2, 0) is 4.74 Å². The summed E-state index contributed by atoms with van der Waals surface area (Å²) < 4.78 is 4.88. The predicted octanol–water partition coefficient (Wildman–Crippen LogP) is 1.23. The van der Waals surface area contributed by atoms with Crippen molar-refractivity contribution in [1.82, 2.24) is 0 Å². The van der Waals surface area contributed by atoms with Gasteiger partial charge in [-0.3, -0.25) is 5.73 Å². The Morgan fingerprint density at radius 1 is 1.75 bits per heavy atom. The van der Waals surface area contributed by atoms with Crippen LogP contribution in [-0.4, -0.2) is 6.23 Å². The summed E-state index contributed by atoms with van der Waals surface area (Å²) in [5.41, 5.74) is 5.26. The van der Waals surface area contributed by atoms with Crippen LogP contribution in [0.25, 0.3) is 0 Å². The van der Waals surface area contributed by atoms with Gasteiger partial charge in [0.15, 0.2) is 0 Å². The molecule has 0 aromatic rings. The van der Waals surface area contributed by atoms with E-state index in [9.17, 15) is 0 Å².